The fourth-order valence-corrected chi connectivity index (χ4v) is 3.37. The molecule has 0 unspecified atom stereocenters. The number of para-hydroxylation sites is 1. The number of hydrogen-bond donors (Lipinski definition) is 2. The van der Waals surface area contributed by atoms with Crippen molar-refractivity contribution in [3.8, 4) is 0 Å². The molecule has 4 rings (SSSR count). The number of fused-ring (bicyclic) bond motifs is 1. The van der Waals surface area contributed by atoms with Gasteiger partial charge < -0.3 is 15.4 Å². The molecule has 3 aromatic carbocycles. The summed E-state index contributed by atoms with van der Waals surface area (Å²) in [6, 6.07) is 21.0. The minimum absolute atomic E-state index is 0.164. The lowest BCUT2D eigenvalue weighted by Crippen LogP contribution is -2.10. The van der Waals surface area contributed by atoms with Gasteiger partial charge in [-0.1, -0.05) is 42.5 Å². The number of esters is 1. The Kier molecular flexibility index (Phi) is 5.30. The first kappa shape index (κ1) is 19.4. The Morgan fingerprint density at radius 2 is 1.77 bits per heavy atom. The second-order valence-electron chi connectivity index (χ2n) is 6.83. The van der Waals surface area contributed by atoms with Crippen LogP contribution >= 0.6 is 0 Å². The topological polar surface area (TPSA) is 67.4 Å². The Morgan fingerprint density at radius 3 is 2.47 bits per heavy atom. The molecule has 0 spiro atoms. The molecule has 30 heavy (non-hydrogen) atoms. The minimum Gasteiger partial charge on any atom is -0.469 e. The lowest BCUT2D eigenvalue weighted by atomic mass is 9.98. The first-order valence-corrected chi connectivity index (χ1v) is 9.39. The lowest BCUT2D eigenvalue weighted by Gasteiger charge is -2.15. The SMILES string of the molecule is COC(=O)Cc1ccc(C(Nc2ccccc2)=C2C(=O)Nc3cc(F)ccc32)cc1. The van der Waals surface area contributed by atoms with Gasteiger partial charge in [0.2, 0.25) is 0 Å². The number of ether oxygens (including phenoxy) is 1. The van der Waals surface area contributed by atoms with E-state index in [4.69, 9.17) is 4.74 Å². The van der Waals surface area contributed by atoms with Crippen LogP contribution in [0.1, 0.15) is 16.7 Å². The average Bonchev–Trinajstić information content (AvgIpc) is 3.08. The number of amides is 1. The largest absolute Gasteiger partial charge is 0.469 e. The minimum atomic E-state index is -0.417. The number of benzene rings is 3. The highest BCUT2D eigenvalue weighted by Gasteiger charge is 2.28. The van der Waals surface area contributed by atoms with Crippen LogP contribution in [0.4, 0.5) is 15.8 Å². The number of halogens is 1. The molecule has 0 saturated carbocycles. The molecule has 0 bridgehead atoms. The molecule has 6 heteroatoms. The normalized spacial score (nSPS) is 14.0. The van der Waals surface area contributed by atoms with Gasteiger partial charge in [0.05, 0.1) is 30.5 Å². The van der Waals surface area contributed by atoms with Crippen molar-refractivity contribution in [3.63, 3.8) is 0 Å². The number of anilines is 2. The summed E-state index contributed by atoms with van der Waals surface area (Å²) in [7, 11) is 1.35. The molecular weight excluding hydrogens is 383 g/mol. The van der Waals surface area contributed by atoms with Gasteiger partial charge in [-0.3, -0.25) is 9.59 Å². The lowest BCUT2D eigenvalue weighted by molar-refractivity contribution is -0.139. The van der Waals surface area contributed by atoms with Gasteiger partial charge in [-0.15, -0.1) is 0 Å². The Morgan fingerprint density at radius 1 is 1.03 bits per heavy atom. The van der Waals surface area contributed by atoms with Crippen LogP contribution < -0.4 is 10.6 Å². The number of nitrogens with one attached hydrogen (secondary N) is 2. The van der Waals surface area contributed by atoms with Gasteiger partial charge in [-0.2, -0.15) is 0 Å². The Balaban J connectivity index is 1.81. The highest BCUT2D eigenvalue weighted by atomic mass is 19.1. The van der Waals surface area contributed by atoms with Crippen molar-refractivity contribution in [1.82, 2.24) is 0 Å². The van der Waals surface area contributed by atoms with Crippen LogP contribution in [-0.2, 0) is 20.7 Å². The molecule has 150 valence electrons. The number of methoxy groups -OCH3 is 1. The Hall–Kier alpha value is -3.93. The molecule has 1 amide bonds. The zero-order chi connectivity index (χ0) is 21.1. The van der Waals surface area contributed by atoms with Crippen molar-refractivity contribution in [3.05, 3.63) is 95.3 Å². The summed E-state index contributed by atoms with van der Waals surface area (Å²) >= 11 is 0. The Bertz CT molecular complexity index is 1140. The number of hydrogen-bond acceptors (Lipinski definition) is 4. The standard InChI is InChI=1S/C24H19FN2O3/c1-30-21(28)13-15-7-9-16(10-8-15)23(26-18-5-3-2-4-6-18)22-19-12-11-17(25)14-20(19)27-24(22)29/h2-12,14,26H,13H2,1H3,(H,27,29). The number of carbonyl (C=O) groups is 2. The van der Waals surface area contributed by atoms with E-state index in [1.54, 1.807) is 6.07 Å². The molecule has 1 heterocycles. The second kappa shape index (κ2) is 8.21. The van der Waals surface area contributed by atoms with Gasteiger partial charge in [0.1, 0.15) is 5.82 Å². The zero-order valence-electron chi connectivity index (χ0n) is 16.2. The predicted octanol–water partition coefficient (Wildman–Crippen LogP) is 4.47. The third-order valence-corrected chi connectivity index (χ3v) is 4.84. The first-order valence-electron chi connectivity index (χ1n) is 9.39. The van der Waals surface area contributed by atoms with Crippen LogP contribution in [0.15, 0.2) is 72.8 Å². The number of carbonyl (C=O) groups excluding carboxylic acids is 2. The fraction of sp³-hybridized carbons (Fsp3) is 0.0833. The van der Waals surface area contributed by atoms with E-state index < -0.39 is 5.82 Å². The van der Waals surface area contributed by atoms with Gasteiger partial charge >= 0.3 is 5.97 Å². The van der Waals surface area contributed by atoms with Gasteiger partial charge in [-0.05, 0) is 41.5 Å². The Labute approximate surface area is 173 Å². The van der Waals surface area contributed by atoms with E-state index in [1.165, 1.54) is 19.2 Å². The van der Waals surface area contributed by atoms with Gasteiger partial charge in [0.15, 0.2) is 0 Å². The van der Waals surface area contributed by atoms with Gasteiger partial charge in [-0.25, -0.2) is 4.39 Å². The van der Waals surface area contributed by atoms with Crippen LogP contribution in [0.25, 0.3) is 11.3 Å². The molecule has 0 fully saturated rings. The molecule has 0 radical (unpaired) electrons. The van der Waals surface area contributed by atoms with E-state index in [-0.39, 0.29) is 18.3 Å². The van der Waals surface area contributed by atoms with Gasteiger partial charge in [0, 0.05) is 11.3 Å². The van der Waals surface area contributed by atoms with Crippen molar-refractivity contribution in [2.75, 3.05) is 17.7 Å². The quantitative estimate of drug-likeness (QED) is 0.488. The maximum Gasteiger partial charge on any atom is 0.309 e. The smallest absolute Gasteiger partial charge is 0.309 e. The zero-order valence-corrected chi connectivity index (χ0v) is 16.2. The highest BCUT2D eigenvalue weighted by molar-refractivity contribution is 6.37. The van der Waals surface area contributed by atoms with Crippen LogP contribution in [0, 0.1) is 5.82 Å². The van der Waals surface area contributed by atoms with Crippen LogP contribution in [-0.4, -0.2) is 19.0 Å². The van der Waals surface area contributed by atoms with Crippen molar-refractivity contribution >= 4 is 34.5 Å². The van der Waals surface area contributed by atoms with Crippen molar-refractivity contribution in [2.45, 2.75) is 6.42 Å². The van der Waals surface area contributed by atoms with E-state index >= 15 is 0 Å². The van der Waals surface area contributed by atoms with Crippen molar-refractivity contribution < 1.29 is 18.7 Å². The molecule has 5 nitrogen and oxygen atoms in total. The summed E-state index contributed by atoms with van der Waals surface area (Å²) in [6.45, 7) is 0. The van der Waals surface area contributed by atoms with Gasteiger partial charge in [0.25, 0.3) is 5.91 Å². The van der Waals surface area contributed by atoms with Crippen LogP contribution in [0.5, 0.6) is 0 Å². The average molecular weight is 402 g/mol. The van der Waals surface area contributed by atoms with Crippen molar-refractivity contribution in [2.24, 2.45) is 0 Å². The molecule has 1 aliphatic heterocycles. The monoisotopic (exact) mass is 402 g/mol. The summed E-state index contributed by atoms with van der Waals surface area (Å²) in [6.07, 6.45) is 0.164. The third kappa shape index (κ3) is 3.93. The van der Waals surface area contributed by atoms with E-state index in [0.29, 0.717) is 22.5 Å². The molecule has 3 aromatic rings. The predicted molar refractivity (Wildman–Crippen MR) is 114 cm³/mol. The van der Waals surface area contributed by atoms with E-state index in [2.05, 4.69) is 10.6 Å². The third-order valence-electron chi connectivity index (χ3n) is 4.84. The van der Waals surface area contributed by atoms with Crippen LogP contribution in [0.3, 0.4) is 0 Å². The maximum absolute atomic E-state index is 13.6. The summed E-state index contributed by atoms with van der Waals surface area (Å²) in [4.78, 5) is 24.3. The molecule has 2 N–H and O–H groups in total. The van der Waals surface area contributed by atoms with Crippen LogP contribution in [0.2, 0.25) is 0 Å². The molecular formula is C24H19FN2O3. The number of rotatable bonds is 5. The molecule has 1 aliphatic rings. The molecule has 0 aliphatic carbocycles. The van der Waals surface area contributed by atoms with E-state index in [9.17, 15) is 14.0 Å². The summed E-state index contributed by atoms with van der Waals surface area (Å²) < 4.78 is 18.4. The summed E-state index contributed by atoms with van der Waals surface area (Å²) in [5.74, 6) is -1.05. The van der Waals surface area contributed by atoms with Crippen molar-refractivity contribution in [1.29, 1.82) is 0 Å². The molecule has 0 saturated heterocycles. The van der Waals surface area contributed by atoms with E-state index in [0.717, 1.165) is 16.8 Å². The second-order valence-corrected chi connectivity index (χ2v) is 6.83. The molecule has 0 atom stereocenters. The fourth-order valence-electron chi connectivity index (χ4n) is 3.37. The summed E-state index contributed by atoms with van der Waals surface area (Å²) in [5.41, 5.74) is 4.44. The highest BCUT2D eigenvalue weighted by Crippen LogP contribution is 2.37. The molecule has 0 aromatic heterocycles. The van der Waals surface area contributed by atoms with E-state index in [1.807, 2.05) is 54.6 Å². The maximum atomic E-state index is 13.6. The first-order chi connectivity index (χ1) is 14.5. The summed E-state index contributed by atoms with van der Waals surface area (Å²) in [5, 5.41) is 6.06.